The molecule has 1 atom stereocenters. The summed E-state index contributed by atoms with van der Waals surface area (Å²) in [5, 5.41) is 0. The summed E-state index contributed by atoms with van der Waals surface area (Å²) >= 11 is 0. The molecule has 2 bridgehead atoms. The van der Waals surface area contributed by atoms with Gasteiger partial charge in [-0.15, -0.1) is 0 Å². The Kier molecular flexibility index (Phi) is 1.02. The molecule has 0 saturated carbocycles. The number of hydrogen-bond donors (Lipinski definition) is 0. The third kappa shape index (κ3) is 0.630. The van der Waals surface area contributed by atoms with Crippen LogP contribution in [0.15, 0.2) is 42.5 Å². The maximum absolute atomic E-state index is 2.38. The quantitative estimate of drug-likeness (QED) is 0.580. The van der Waals surface area contributed by atoms with Gasteiger partial charge in [0.05, 0.1) is 0 Å². The summed E-state index contributed by atoms with van der Waals surface area (Å²) in [5.74, 6) is 0.672. The Morgan fingerprint density at radius 3 is 2.71 bits per heavy atom. The van der Waals surface area contributed by atoms with Crippen LogP contribution in [-0.4, -0.2) is 0 Å². The smallest absolute Gasteiger partial charge is 0.0142 e. The van der Waals surface area contributed by atoms with Crippen molar-refractivity contribution >= 4 is 0 Å². The van der Waals surface area contributed by atoms with Gasteiger partial charge in [0, 0.05) is 5.92 Å². The van der Waals surface area contributed by atoms with Crippen LogP contribution in [-0.2, 0) is 6.42 Å². The molecule has 66 valence electrons. The van der Waals surface area contributed by atoms with E-state index in [1.54, 1.807) is 5.56 Å². The number of hydrogen-bond acceptors (Lipinski definition) is 0. The van der Waals surface area contributed by atoms with Gasteiger partial charge < -0.3 is 0 Å². The van der Waals surface area contributed by atoms with Crippen molar-refractivity contribution in [1.82, 2.24) is 0 Å². The number of benzene rings is 2. The zero-order valence-electron chi connectivity index (χ0n) is 7.83. The molecule has 0 fully saturated rings. The van der Waals surface area contributed by atoms with Crippen LogP contribution in [0.25, 0.3) is 11.1 Å². The summed E-state index contributed by atoms with van der Waals surface area (Å²) in [5.41, 5.74) is 7.52. The maximum Gasteiger partial charge on any atom is 0.0142 e. The minimum atomic E-state index is 0.672. The molecule has 0 radical (unpaired) electrons. The van der Waals surface area contributed by atoms with E-state index in [0.717, 1.165) is 0 Å². The fourth-order valence-corrected chi connectivity index (χ4v) is 2.94. The lowest BCUT2D eigenvalue weighted by Gasteiger charge is -2.07. The first-order valence-electron chi connectivity index (χ1n) is 5.15. The van der Waals surface area contributed by atoms with Crippen molar-refractivity contribution in [2.75, 3.05) is 0 Å². The molecule has 14 heavy (non-hydrogen) atoms. The van der Waals surface area contributed by atoms with Gasteiger partial charge in [-0.2, -0.15) is 0 Å². The fraction of sp³-hybridized carbons (Fsp3) is 0.143. The monoisotopic (exact) mass is 178 g/mol. The lowest BCUT2D eigenvalue weighted by atomic mass is 9.97. The third-order valence-corrected chi connectivity index (χ3v) is 3.56. The molecule has 0 N–H and O–H groups in total. The summed E-state index contributed by atoms with van der Waals surface area (Å²) in [7, 11) is 0. The van der Waals surface area contributed by atoms with E-state index in [-0.39, 0.29) is 0 Å². The highest BCUT2D eigenvalue weighted by Crippen LogP contribution is 2.49. The van der Waals surface area contributed by atoms with Crippen molar-refractivity contribution in [3.63, 3.8) is 0 Å². The van der Waals surface area contributed by atoms with Crippen LogP contribution in [0.1, 0.15) is 22.6 Å². The number of fused-ring (bicyclic) bond motifs is 4. The predicted octanol–water partition coefficient (Wildman–Crippen LogP) is 3.36. The second kappa shape index (κ2) is 2.09. The van der Waals surface area contributed by atoms with Gasteiger partial charge in [0.25, 0.3) is 0 Å². The Labute approximate surface area is 83.2 Å². The van der Waals surface area contributed by atoms with Crippen LogP contribution in [0.3, 0.4) is 0 Å². The number of rotatable bonds is 0. The van der Waals surface area contributed by atoms with Gasteiger partial charge in [0.1, 0.15) is 0 Å². The normalized spacial score (nSPS) is 19.9. The maximum atomic E-state index is 2.38. The average Bonchev–Trinajstić information content (AvgIpc) is 2.69. The van der Waals surface area contributed by atoms with Crippen LogP contribution in [0.5, 0.6) is 0 Å². The van der Waals surface area contributed by atoms with Gasteiger partial charge >= 0.3 is 0 Å². The first-order chi connectivity index (χ1) is 6.93. The lowest BCUT2D eigenvalue weighted by molar-refractivity contribution is 0.872. The molecule has 2 aromatic rings. The Hall–Kier alpha value is -1.56. The highest BCUT2D eigenvalue weighted by molar-refractivity contribution is 5.80. The van der Waals surface area contributed by atoms with Gasteiger partial charge in [0.2, 0.25) is 0 Å². The first-order valence-corrected chi connectivity index (χ1v) is 5.15. The highest BCUT2D eigenvalue weighted by atomic mass is 14.4. The SMILES string of the molecule is c1ccc2c(c1)-c1ccc3cc1C2C3. The van der Waals surface area contributed by atoms with Crippen molar-refractivity contribution in [2.45, 2.75) is 12.3 Å². The van der Waals surface area contributed by atoms with E-state index < -0.39 is 0 Å². The second-order valence-corrected chi connectivity index (χ2v) is 4.27. The van der Waals surface area contributed by atoms with E-state index in [1.165, 1.54) is 28.7 Å². The van der Waals surface area contributed by atoms with Gasteiger partial charge in [0.15, 0.2) is 0 Å². The molecular formula is C14H10. The highest BCUT2D eigenvalue weighted by Gasteiger charge is 2.32. The summed E-state index contributed by atoms with van der Waals surface area (Å²) in [6.07, 6.45) is 1.21. The Morgan fingerprint density at radius 2 is 1.71 bits per heavy atom. The predicted molar refractivity (Wildman–Crippen MR) is 57.4 cm³/mol. The van der Waals surface area contributed by atoms with Crippen molar-refractivity contribution < 1.29 is 0 Å². The molecule has 1 unspecified atom stereocenters. The van der Waals surface area contributed by atoms with Crippen LogP contribution in [0.2, 0.25) is 0 Å². The van der Waals surface area contributed by atoms with Crippen molar-refractivity contribution in [3.8, 4) is 11.1 Å². The molecule has 4 rings (SSSR count). The van der Waals surface area contributed by atoms with E-state index >= 15 is 0 Å². The molecule has 2 aliphatic rings. The molecule has 0 nitrogen and oxygen atoms in total. The molecule has 0 saturated heterocycles. The van der Waals surface area contributed by atoms with E-state index in [0.29, 0.717) is 5.92 Å². The molecular weight excluding hydrogens is 168 g/mol. The minimum absolute atomic E-state index is 0.672. The summed E-state index contributed by atoms with van der Waals surface area (Å²) < 4.78 is 0. The zero-order valence-corrected chi connectivity index (χ0v) is 7.83. The molecule has 0 aliphatic heterocycles. The molecule has 0 spiro atoms. The summed E-state index contributed by atoms with van der Waals surface area (Å²) in [6, 6.07) is 15.8. The summed E-state index contributed by atoms with van der Waals surface area (Å²) in [4.78, 5) is 0. The molecule has 0 aromatic heterocycles. The van der Waals surface area contributed by atoms with Crippen molar-refractivity contribution in [1.29, 1.82) is 0 Å². The summed E-state index contributed by atoms with van der Waals surface area (Å²) in [6.45, 7) is 0. The van der Waals surface area contributed by atoms with Crippen LogP contribution in [0.4, 0.5) is 0 Å². The van der Waals surface area contributed by atoms with Crippen LogP contribution in [0, 0.1) is 0 Å². The molecule has 2 aliphatic carbocycles. The average molecular weight is 178 g/mol. The largest absolute Gasteiger partial charge is 0.0619 e. The van der Waals surface area contributed by atoms with E-state index in [2.05, 4.69) is 42.5 Å². The molecule has 0 amide bonds. The molecule has 0 heteroatoms. The second-order valence-electron chi connectivity index (χ2n) is 4.27. The third-order valence-electron chi connectivity index (χ3n) is 3.56. The van der Waals surface area contributed by atoms with E-state index in [1.807, 2.05) is 0 Å². The van der Waals surface area contributed by atoms with Crippen molar-refractivity contribution in [2.24, 2.45) is 0 Å². The van der Waals surface area contributed by atoms with E-state index in [4.69, 9.17) is 0 Å². The Morgan fingerprint density at radius 1 is 0.857 bits per heavy atom. The van der Waals surface area contributed by atoms with Gasteiger partial charge in [-0.05, 0) is 34.2 Å². The molecule has 2 aromatic carbocycles. The van der Waals surface area contributed by atoms with Crippen LogP contribution < -0.4 is 0 Å². The minimum Gasteiger partial charge on any atom is -0.0619 e. The lowest BCUT2D eigenvalue weighted by Crippen LogP contribution is -1.93. The van der Waals surface area contributed by atoms with Gasteiger partial charge in [-0.1, -0.05) is 42.5 Å². The van der Waals surface area contributed by atoms with Gasteiger partial charge in [-0.3, -0.25) is 0 Å². The Balaban J connectivity index is 2.17. The fourth-order valence-electron chi connectivity index (χ4n) is 2.94. The first kappa shape index (κ1) is 6.83. The van der Waals surface area contributed by atoms with E-state index in [9.17, 15) is 0 Å². The Bertz CT molecular complexity index is 537. The van der Waals surface area contributed by atoms with Crippen molar-refractivity contribution in [3.05, 3.63) is 59.2 Å². The standard InChI is InChI=1S/C14H10/c1-2-4-11-10(3-1)12-6-5-9-7-13(11)14(12)8-9/h1-6,8,13H,7H2. The molecule has 0 heterocycles. The van der Waals surface area contributed by atoms with Gasteiger partial charge in [-0.25, -0.2) is 0 Å². The zero-order chi connectivity index (χ0) is 9.12. The van der Waals surface area contributed by atoms with Crippen LogP contribution >= 0.6 is 0 Å². The topological polar surface area (TPSA) is 0 Å².